The molecule has 0 radical (unpaired) electrons. The number of amides is 2. The molecule has 2 aromatic heterocycles. The fourth-order valence-corrected chi connectivity index (χ4v) is 3.20. The van der Waals surface area contributed by atoms with Crippen molar-refractivity contribution in [1.29, 1.82) is 0 Å². The first kappa shape index (κ1) is 21.6. The minimum atomic E-state index is -0.287. The first-order valence-corrected chi connectivity index (χ1v) is 10.1. The maximum absolute atomic E-state index is 13.0. The standard InChI is InChI=1S/C22H24ClN3O4/c1-15(2)14-26(10-9-21(27)24-13-16-6-5-11-29-16)22(28)19-12-20(30-25-19)17-7-3-4-8-18(17)23/h3-8,11-12,15H,9-10,13-14H2,1-2H3,(H,24,27). The summed E-state index contributed by atoms with van der Waals surface area (Å²) in [4.78, 5) is 26.8. The quantitative estimate of drug-likeness (QED) is 0.544. The van der Waals surface area contributed by atoms with Gasteiger partial charge in [-0.15, -0.1) is 0 Å². The number of nitrogens with one attached hydrogen (secondary N) is 1. The van der Waals surface area contributed by atoms with Crippen LogP contribution in [0.4, 0.5) is 0 Å². The second-order valence-corrected chi connectivity index (χ2v) is 7.71. The lowest BCUT2D eigenvalue weighted by molar-refractivity contribution is -0.121. The molecule has 0 unspecified atom stereocenters. The predicted molar refractivity (Wildman–Crippen MR) is 113 cm³/mol. The van der Waals surface area contributed by atoms with E-state index in [1.54, 1.807) is 41.5 Å². The largest absolute Gasteiger partial charge is 0.467 e. The third-order valence-corrected chi connectivity index (χ3v) is 4.72. The lowest BCUT2D eigenvalue weighted by Gasteiger charge is -2.23. The van der Waals surface area contributed by atoms with Gasteiger partial charge in [0.1, 0.15) is 5.76 Å². The van der Waals surface area contributed by atoms with Gasteiger partial charge in [-0.25, -0.2) is 0 Å². The van der Waals surface area contributed by atoms with Crippen molar-refractivity contribution >= 4 is 23.4 Å². The van der Waals surface area contributed by atoms with Gasteiger partial charge in [0.15, 0.2) is 11.5 Å². The molecular weight excluding hydrogens is 406 g/mol. The van der Waals surface area contributed by atoms with Gasteiger partial charge in [-0.05, 0) is 30.2 Å². The van der Waals surface area contributed by atoms with Crippen LogP contribution in [0.1, 0.15) is 36.5 Å². The minimum Gasteiger partial charge on any atom is -0.467 e. The Kier molecular flexibility index (Phi) is 7.30. The molecule has 3 aromatic rings. The number of halogens is 1. The van der Waals surface area contributed by atoms with E-state index in [-0.39, 0.29) is 36.4 Å². The number of furan rings is 1. The zero-order chi connectivity index (χ0) is 21.5. The van der Waals surface area contributed by atoms with E-state index in [0.29, 0.717) is 35.2 Å². The van der Waals surface area contributed by atoms with E-state index < -0.39 is 0 Å². The van der Waals surface area contributed by atoms with E-state index in [1.165, 1.54) is 0 Å². The summed E-state index contributed by atoms with van der Waals surface area (Å²) in [5, 5.41) is 7.22. The molecule has 0 saturated carbocycles. The lowest BCUT2D eigenvalue weighted by Crippen LogP contribution is -2.37. The van der Waals surface area contributed by atoms with Crippen LogP contribution in [0.5, 0.6) is 0 Å². The average molecular weight is 430 g/mol. The van der Waals surface area contributed by atoms with Crippen molar-refractivity contribution in [2.75, 3.05) is 13.1 Å². The fraction of sp³-hybridized carbons (Fsp3) is 0.318. The highest BCUT2D eigenvalue weighted by molar-refractivity contribution is 6.33. The van der Waals surface area contributed by atoms with Crippen LogP contribution in [0.15, 0.2) is 57.7 Å². The maximum atomic E-state index is 13.0. The van der Waals surface area contributed by atoms with Crippen molar-refractivity contribution in [3.63, 3.8) is 0 Å². The summed E-state index contributed by atoms with van der Waals surface area (Å²) in [6, 6.07) is 12.3. The number of nitrogens with zero attached hydrogens (tertiary/aromatic N) is 2. The molecule has 0 aliphatic carbocycles. The normalized spacial score (nSPS) is 10.9. The van der Waals surface area contributed by atoms with Gasteiger partial charge in [0.25, 0.3) is 5.91 Å². The molecule has 30 heavy (non-hydrogen) atoms. The Labute approximate surface area is 180 Å². The topological polar surface area (TPSA) is 88.6 Å². The molecule has 0 saturated heterocycles. The Bertz CT molecular complexity index is 982. The molecule has 158 valence electrons. The van der Waals surface area contributed by atoms with Crippen molar-refractivity contribution < 1.29 is 18.5 Å². The summed E-state index contributed by atoms with van der Waals surface area (Å²) in [6.45, 7) is 5.10. The van der Waals surface area contributed by atoms with Crippen LogP contribution in [0.3, 0.4) is 0 Å². The highest BCUT2D eigenvalue weighted by atomic mass is 35.5. The van der Waals surface area contributed by atoms with Gasteiger partial charge in [-0.2, -0.15) is 0 Å². The van der Waals surface area contributed by atoms with Gasteiger partial charge in [-0.3, -0.25) is 9.59 Å². The third-order valence-electron chi connectivity index (χ3n) is 4.39. The van der Waals surface area contributed by atoms with Gasteiger partial charge in [0.05, 0.1) is 17.8 Å². The smallest absolute Gasteiger partial charge is 0.276 e. The number of rotatable bonds is 9. The number of benzene rings is 1. The Hall–Kier alpha value is -3.06. The van der Waals surface area contributed by atoms with Gasteiger partial charge >= 0.3 is 0 Å². The van der Waals surface area contributed by atoms with Crippen molar-refractivity contribution in [2.24, 2.45) is 5.92 Å². The summed E-state index contributed by atoms with van der Waals surface area (Å²) in [5.41, 5.74) is 0.847. The van der Waals surface area contributed by atoms with E-state index in [1.807, 2.05) is 26.0 Å². The predicted octanol–water partition coefficient (Wildman–Crippen LogP) is 4.39. The number of hydrogen-bond acceptors (Lipinski definition) is 5. The van der Waals surface area contributed by atoms with E-state index in [4.69, 9.17) is 20.5 Å². The van der Waals surface area contributed by atoms with Crippen LogP contribution >= 0.6 is 11.6 Å². The van der Waals surface area contributed by atoms with Crippen molar-refractivity contribution in [1.82, 2.24) is 15.4 Å². The van der Waals surface area contributed by atoms with E-state index in [0.717, 1.165) is 0 Å². The Balaban J connectivity index is 1.64. The molecule has 1 N–H and O–H groups in total. The third kappa shape index (κ3) is 5.73. The summed E-state index contributed by atoms with van der Waals surface area (Å²) in [7, 11) is 0. The zero-order valence-electron chi connectivity index (χ0n) is 16.9. The molecular formula is C22H24ClN3O4. The highest BCUT2D eigenvalue weighted by Gasteiger charge is 2.22. The molecule has 0 aliphatic heterocycles. The minimum absolute atomic E-state index is 0.162. The Morgan fingerprint density at radius 3 is 2.70 bits per heavy atom. The Morgan fingerprint density at radius 1 is 1.20 bits per heavy atom. The molecule has 0 atom stereocenters. The molecule has 8 heteroatoms. The second-order valence-electron chi connectivity index (χ2n) is 7.31. The fourth-order valence-electron chi connectivity index (χ4n) is 2.97. The average Bonchev–Trinajstić information content (AvgIpc) is 3.41. The number of hydrogen-bond donors (Lipinski definition) is 1. The molecule has 2 amide bonds. The molecule has 0 aliphatic rings. The van der Waals surface area contributed by atoms with Crippen LogP contribution in [0.2, 0.25) is 5.02 Å². The first-order chi connectivity index (χ1) is 14.4. The van der Waals surface area contributed by atoms with Crippen LogP contribution in [-0.4, -0.2) is 35.0 Å². The highest BCUT2D eigenvalue weighted by Crippen LogP contribution is 2.28. The van der Waals surface area contributed by atoms with Crippen LogP contribution < -0.4 is 5.32 Å². The molecule has 0 bridgehead atoms. The molecule has 0 fully saturated rings. The zero-order valence-corrected chi connectivity index (χ0v) is 17.7. The van der Waals surface area contributed by atoms with E-state index in [2.05, 4.69) is 10.5 Å². The van der Waals surface area contributed by atoms with Gasteiger partial charge in [0, 0.05) is 31.1 Å². The van der Waals surface area contributed by atoms with E-state index >= 15 is 0 Å². The number of carbonyl (C=O) groups excluding carboxylic acids is 2. The van der Waals surface area contributed by atoms with Gasteiger partial charge in [0.2, 0.25) is 5.91 Å². The summed E-state index contributed by atoms with van der Waals surface area (Å²) >= 11 is 6.20. The van der Waals surface area contributed by atoms with Crippen LogP contribution in [0.25, 0.3) is 11.3 Å². The summed E-state index contributed by atoms with van der Waals surface area (Å²) in [6.07, 6.45) is 1.73. The SMILES string of the molecule is CC(C)CN(CCC(=O)NCc1ccco1)C(=O)c1cc(-c2ccccc2Cl)on1. The van der Waals surface area contributed by atoms with Gasteiger partial charge < -0.3 is 19.2 Å². The Morgan fingerprint density at radius 2 is 2.00 bits per heavy atom. The van der Waals surface area contributed by atoms with Crippen molar-refractivity contribution in [2.45, 2.75) is 26.8 Å². The number of carbonyl (C=O) groups is 2. The molecule has 0 spiro atoms. The first-order valence-electron chi connectivity index (χ1n) is 9.74. The second kappa shape index (κ2) is 10.1. The molecule has 7 nitrogen and oxygen atoms in total. The van der Waals surface area contributed by atoms with Crippen LogP contribution in [-0.2, 0) is 11.3 Å². The number of aromatic nitrogens is 1. The van der Waals surface area contributed by atoms with Crippen molar-refractivity contribution in [3.05, 3.63) is 65.2 Å². The van der Waals surface area contributed by atoms with Gasteiger partial charge in [-0.1, -0.05) is 42.7 Å². The lowest BCUT2D eigenvalue weighted by atomic mass is 10.1. The maximum Gasteiger partial charge on any atom is 0.276 e. The summed E-state index contributed by atoms with van der Waals surface area (Å²) < 4.78 is 10.5. The van der Waals surface area contributed by atoms with Crippen molar-refractivity contribution in [3.8, 4) is 11.3 Å². The monoisotopic (exact) mass is 429 g/mol. The molecule has 1 aromatic carbocycles. The molecule has 3 rings (SSSR count). The van der Waals surface area contributed by atoms with E-state index in [9.17, 15) is 9.59 Å². The molecule has 2 heterocycles. The van der Waals surface area contributed by atoms with Crippen LogP contribution in [0, 0.1) is 5.92 Å². The summed E-state index contributed by atoms with van der Waals surface area (Å²) in [5.74, 6) is 0.877.